The van der Waals surface area contributed by atoms with Crippen LogP contribution in [0.1, 0.15) is 31.9 Å². The summed E-state index contributed by atoms with van der Waals surface area (Å²) in [5, 5.41) is 8.51. The predicted molar refractivity (Wildman–Crippen MR) is 89.8 cm³/mol. The average molecular weight is 321 g/mol. The lowest BCUT2D eigenvalue weighted by atomic mass is 10.1. The number of aromatic nitrogens is 3. The maximum Gasteiger partial charge on any atom is 0.275 e. The third kappa shape index (κ3) is 3.30. The van der Waals surface area contributed by atoms with Crippen molar-refractivity contribution in [2.75, 3.05) is 26.0 Å². The van der Waals surface area contributed by atoms with Crippen LogP contribution in [0.5, 0.6) is 0 Å². The van der Waals surface area contributed by atoms with Crippen LogP contribution >= 0.6 is 11.3 Å². The zero-order chi connectivity index (χ0) is 15.7. The highest BCUT2D eigenvalue weighted by atomic mass is 32.1. The van der Waals surface area contributed by atoms with Gasteiger partial charge in [0, 0.05) is 24.3 Å². The summed E-state index contributed by atoms with van der Waals surface area (Å²) in [6.07, 6.45) is 4.44. The second-order valence-electron chi connectivity index (χ2n) is 6.19. The first kappa shape index (κ1) is 15.4. The van der Waals surface area contributed by atoms with Gasteiger partial charge in [-0.25, -0.2) is 4.98 Å². The molecule has 3 rings (SSSR count). The quantitative estimate of drug-likeness (QED) is 0.843. The van der Waals surface area contributed by atoms with Crippen LogP contribution < -0.4 is 10.9 Å². The van der Waals surface area contributed by atoms with Crippen LogP contribution in [0, 0.1) is 5.92 Å². The van der Waals surface area contributed by atoms with Crippen LogP contribution in [0.3, 0.4) is 0 Å². The second kappa shape index (κ2) is 6.34. The zero-order valence-corrected chi connectivity index (χ0v) is 14.2. The van der Waals surface area contributed by atoms with Crippen molar-refractivity contribution in [3.8, 4) is 0 Å². The number of fused-ring (bicyclic) bond motifs is 1. The molecule has 1 saturated carbocycles. The standard InChI is InChI=1S/C15H23N5OS/c1-4-5-11-8-13(21)20-15(17-11)22-14(18-20)16-9-12(19(2)3)10-6-7-10/h8,10,12H,4-7,9H2,1-3H3,(H,16,18). The van der Waals surface area contributed by atoms with Gasteiger partial charge in [0.05, 0.1) is 0 Å². The van der Waals surface area contributed by atoms with Gasteiger partial charge in [0.15, 0.2) is 0 Å². The normalized spacial score (nSPS) is 16.4. The Hall–Kier alpha value is -1.47. The molecule has 2 aromatic rings. The van der Waals surface area contributed by atoms with Crippen LogP contribution in [0.2, 0.25) is 0 Å². The molecule has 0 saturated heterocycles. The lowest BCUT2D eigenvalue weighted by Gasteiger charge is -2.24. The fourth-order valence-electron chi connectivity index (χ4n) is 2.76. The Bertz CT molecular complexity index is 702. The molecule has 1 unspecified atom stereocenters. The fraction of sp³-hybridized carbons (Fsp3) is 0.667. The minimum Gasteiger partial charge on any atom is -0.358 e. The monoisotopic (exact) mass is 321 g/mol. The summed E-state index contributed by atoms with van der Waals surface area (Å²) >= 11 is 1.45. The molecule has 2 heterocycles. The van der Waals surface area contributed by atoms with Gasteiger partial charge in [-0.3, -0.25) is 4.79 Å². The van der Waals surface area contributed by atoms with Crippen molar-refractivity contribution in [3.05, 3.63) is 22.1 Å². The molecule has 2 aromatic heterocycles. The molecule has 6 nitrogen and oxygen atoms in total. The Morgan fingerprint density at radius 1 is 1.50 bits per heavy atom. The molecule has 0 spiro atoms. The van der Waals surface area contributed by atoms with Gasteiger partial charge in [-0.05, 0) is 39.3 Å². The van der Waals surface area contributed by atoms with E-state index in [0.717, 1.165) is 36.1 Å². The molecule has 0 aliphatic heterocycles. The predicted octanol–water partition coefficient (Wildman–Crippen LogP) is 1.86. The van der Waals surface area contributed by atoms with Crippen LogP contribution in [-0.2, 0) is 6.42 Å². The Morgan fingerprint density at radius 3 is 2.91 bits per heavy atom. The number of rotatable bonds is 7. The molecule has 1 N–H and O–H groups in total. The maximum atomic E-state index is 12.1. The van der Waals surface area contributed by atoms with Crippen LogP contribution in [0.15, 0.2) is 10.9 Å². The average Bonchev–Trinajstić information content (AvgIpc) is 3.19. The third-order valence-electron chi connectivity index (χ3n) is 4.10. The summed E-state index contributed by atoms with van der Waals surface area (Å²) < 4.78 is 1.40. The summed E-state index contributed by atoms with van der Waals surface area (Å²) in [5.74, 6) is 0.786. The minimum atomic E-state index is -0.0934. The lowest BCUT2D eigenvalue weighted by molar-refractivity contribution is 0.276. The Morgan fingerprint density at radius 2 is 2.27 bits per heavy atom. The van der Waals surface area contributed by atoms with Crippen LogP contribution in [0.25, 0.3) is 4.96 Å². The van der Waals surface area contributed by atoms with E-state index in [9.17, 15) is 4.79 Å². The van der Waals surface area contributed by atoms with E-state index in [4.69, 9.17) is 0 Å². The minimum absolute atomic E-state index is 0.0934. The van der Waals surface area contributed by atoms with Crippen LogP contribution in [-0.4, -0.2) is 46.2 Å². The molecule has 0 radical (unpaired) electrons. The van der Waals surface area contributed by atoms with Gasteiger partial charge >= 0.3 is 0 Å². The summed E-state index contributed by atoms with van der Waals surface area (Å²) in [6, 6.07) is 2.11. The molecule has 0 aromatic carbocycles. The second-order valence-corrected chi connectivity index (χ2v) is 7.14. The number of likely N-dealkylation sites (N-methyl/N-ethyl adjacent to an activating group) is 1. The van der Waals surface area contributed by atoms with Crippen molar-refractivity contribution < 1.29 is 0 Å². The van der Waals surface area contributed by atoms with E-state index < -0.39 is 0 Å². The van der Waals surface area contributed by atoms with E-state index in [0.29, 0.717) is 11.0 Å². The van der Waals surface area contributed by atoms with E-state index >= 15 is 0 Å². The molecule has 22 heavy (non-hydrogen) atoms. The molecule has 1 atom stereocenters. The molecule has 7 heteroatoms. The van der Waals surface area contributed by atoms with E-state index in [2.05, 4.69) is 41.3 Å². The Kier molecular flexibility index (Phi) is 4.44. The van der Waals surface area contributed by atoms with E-state index in [1.54, 1.807) is 6.07 Å². The molecule has 0 bridgehead atoms. The van der Waals surface area contributed by atoms with Crippen molar-refractivity contribution >= 4 is 21.4 Å². The number of nitrogens with one attached hydrogen (secondary N) is 1. The van der Waals surface area contributed by atoms with Gasteiger partial charge in [-0.1, -0.05) is 24.7 Å². The highest BCUT2D eigenvalue weighted by Crippen LogP contribution is 2.34. The molecule has 120 valence electrons. The maximum absolute atomic E-state index is 12.1. The molecular weight excluding hydrogens is 298 g/mol. The van der Waals surface area contributed by atoms with Gasteiger partial charge in [0.25, 0.3) is 5.56 Å². The summed E-state index contributed by atoms with van der Waals surface area (Å²) in [6.45, 7) is 2.94. The third-order valence-corrected chi connectivity index (χ3v) is 4.96. The highest BCUT2D eigenvalue weighted by molar-refractivity contribution is 7.20. The first-order chi connectivity index (χ1) is 10.6. The fourth-order valence-corrected chi connectivity index (χ4v) is 3.59. The van der Waals surface area contributed by atoms with Crippen molar-refractivity contribution in [1.82, 2.24) is 19.5 Å². The first-order valence-electron chi connectivity index (χ1n) is 7.88. The summed E-state index contributed by atoms with van der Waals surface area (Å²) in [5.41, 5.74) is 0.760. The Labute approximate surface area is 134 Å². The van der Waals surface area contributed by atoms with Gasteiger partial charge in [0.2, 0.25) is 10.1 Å². The van der Waals surface area contributed by atoms with Crippen LogP contribution in [0.4, 0.5) is 5.13 Å². The largest absolute Gasteiger partial charge is 0.358 e. The van der Waals surface area contributed by atoms with Gasteiger partial charge < -0.3 is 10.2 Å². The molecule has 1 aliphatic carbocycles. The topological polar surface area (TPSA) is 62.5 Å². The molecule has 0 amide bonds. The van der Waals surface area contributed by atoms with Gasteiger partial charge in [0.1, 0.15) is 0 Å². The number of nitrogens with zero attached hydrogens (tertiary/aromatic N) is 4. The van der Waals surface area contributed by atoms with E-state index in [1.807, 2.05) is 0 Å². The Balaban J connectivity index is 1.77. The van der Waals surface area contributed by atoms with Crippen molar-refractivity contribution in [3.63, 3.8) is 0 Å². The zero-order valence-electron chi connectivity index (χ0n) is 13.4. The number of hydrogen-bond donors (Lipinski definition) is 1. The summed E-state index contributed by atoms with van der Waals surface area (Å²) in [7, 11) is 4.23. The smallest absolute Gasteiger partial charge is 0.275 e. The SMILES string of the molecule is CCCc1cc(=O)n2nc(NCC(C3CC3)N(C)C)sc2n1. The van der Waals surface area contributed by atoms with Crippen molar-refractivity contribution in [2.24, 2.45) is 5.92 Å². The molecule has 1 fully saturated rings. The van der Waals surface area contributed by atoms with Gasteiger partial charge in [-0.2, -0.15) is 4.52 Å². The van der Waals surface area contributed by atoms with Gasteiger partial charge in [-0.15, -0.1) is 5.10 Å². The number of anilines is 1. The first-order valence-corrected chi connectivity index (χ1v) is 8.70. The van der Waals surface area contributed by atoms with Crippen molar-refractivity contribution in [1.29, 1.82) is 0 Å². The number of aryl methyl sites for hydroxylation is 1. The lowest BCUT2D eigenvalue weighted by Crippen LogP contribution is -2.36. The molecular formula is C15H23N5OS. The summed E-state index contributed by atoms with van der Waals surface area (Å²) in [4.78, 5) is 19.5. The highest BCUT2D eigenvalue weighted by Gasteiger charge is 2.32. The van der Waals surface area contributed by atoms with Crippen molar-refractivity contribution in [2.45, 2.75) is 38.6 Å². The molecule has 1 aliphatic rings. The van der Waals surface area contributed by atoms with E-state index in [1.165, 1.54) is 28.7 Å². The number of hydrogen-bond acceptors (Lipinski definition) is 6. The van der Waals surface area contributed by atoms with E-state index in [-0.39, 0.29) is 5.56 Å².